The Kier molecular flexibility index (Phi) is 8.98. The summed E-state index contributed by atoms with van der Waals surface area (Å²) in [5.74, 6) is 0.847. The van der Waals surface area contributed by atoms with Crippen LogP contribution >= 0.6 is 0 Å². The highest BCUT2D eigenvalue weighted by molar-refractivity contribution is 6.34. The van der Waals surface area contributed by atoms with Crippen molar-refractivity contribution in [2.45, 2.75) is 83.4 Å². The van der Waals surface area contributed by atoms with Crippen molar-refractivity contribution >= 4 is 7.41 Å². The Morgan fingerprint density at radius 3 is 2.19 bits per heavy atom. The van der Waals surface area contributed by atoms with Gasteiger partial charge in [0.1, 0.15) is 0 Å². The first-order valence-corrected chi connectivity index (χ1v) is 7.50. The number of unbranched alkanes of at least 4 members (excludes halogenated alkanes) is 2. The third-order valence-corrected chi connectivity index (χ3v) is 3.68. The highest BCUT2D eigenvalue weighted by Crippen LogP contribution is 2.24. The van der Waals surface area contributed by atoms with Gasteiger partial charge in [0.15, 0.2) is 0 Å². The molecule has 0 atom stereocenters. The van der Waals surface area contributed by atoms with Gasteiger partial charge >= 0.3 is 0 Å². The Bertz CT molecular complexity index is 140. The lowest BCUT2D eigenvalue weighted by molar-refractivity contribution is 0.607. The van der Waals surface area contributed by atoms with Crippen LogP contribution in [0.5, 0.6) is 0 Å². The van der Waals surface area contributed by atoms with Crippen molar-refractivity contribution in [2.75, 3.05) is 6.54 Å². The Hall–Kier alpha value is 0.0249. The molecule has 16 heavy (non-hydrogen) atoms. The second-order valence-electron chi connectivity index (χ2n) is 5.29. The lowest BCUT2D eigenvalue weighted by atomic mass is 9.70. The average molecular weight is 222 g/mol. The van der Waals surface area contributed by atoms with E-state index in [2.05, 4.69) is 19.6 Å². The van der Waals surface area contributed by atoms with Crippen LogP contribution in [-0.2, 0) is 0 Å². The molecular weight excluding hydrogens is 193 g/mol. The van der Waals surface area contributed by atoms with E-state index in [1.165, 1.54) is 77.2 Å². The Morgan fingerprint density at radius 1 is 0.938 bits per heavy atom. The van der Waals surface area contributed by atoms with Crippen LogP contribution in [0.4, 0.5) is 0 Å². The van der Waals surface area contributed by atoms with E-state index in [1.54, 1.807) is 0 Å². The van der Waals surface area contributed by atoms with Crippen molar-refractivity contribution in [3.63, 3.8) is 0 Å². The largest absolute Gasteiger partial charge is 0.360 e. The minimum absolute atomic E-state index is 0.847. The minimum atomic E-state index is 0.847. The first-order valence-electron chi connectivity index (χ1n) is 7.50. The second kappa shape index (κ2) is 10.2. The fourth-order valence-corrected chi connectivity index (χ4v) is 2.56. The molecular formula is C14H29BN. The van der Waals surface area contributed by atoms with Gasteiger partial charge in [-0.2, -0.15) is 0 Å². The van der Waals surface area contributed by atoms with Gasteiger partial charge in [-0.15, -0.1) is 0 Å². The Morgan fingerprint density at radius 2 is 1.56 bits per heavy atom. The van der Waals surface area contributed by atoms with E-state index in [1.807, 2.05) is 0 Å². The third-order valence-electron chi connectivity index (χ3n) is 3.68. The molecule has 0 heterocycles. The van der Waals surface area contributed by atoms with Gasteiger partial charge in [-0.1, -0.05) is 76.9 Å². The van der Waals surface area contributed by atoms with Gasteiger partial charge in [0.25, 0.3) is 0 Å². The highest BCUT2D eigenvalue weighted by Gasteiger charge is 2.11. The molecule has 1 aliphatic rings. The maximum atomic E-state index is 3.53. The summed E-state index contributed by atoms with van der Waals surface area (Å²) in [4.78, 5) is 0. The Labute approximate surface area is 103 Å². The molecule has 1 aliphatic carbocycles. The monoisotopic (exact) mass is 222 g/mol. The van der Waals surface area contributed by atoms with Crippen LogP contribution in [0.3, 0.4) is 0 Å². The normalized spacial score (nSPS) is 19.8. The predicted octanol–water partition coefficient (Wildman–Crippen LogP) is 4.31. The molecule has 0 saturated heterocycles. The van der Waals surface area contributed by atoms with Gasteiger partial charge in [0.2, 0.25) is 7.41 Å². The van der Waals surface area contributed by atoms with Crippen LogP contribution in [0.1, 0.15) is 77.6 Å². The first kappa shape index (κ1) is 14.1. The van der Waals surface area contributed by atoms with Gasteiger partial charge in [0.05, 0.1) is 0 Å². The Balaban J connectivity index is 2.03. The number of rotatable bonds is 6. The van der Waals surface area contributed by atoms with Crippen molar-refractivity contribution in [3.8, 4) is 0 Å². The van der Waals surface area contributed by atoms with Crippen LogP contribution in [0, 0.1) is 0 Å². The van der Waals surface area contributed by atoms with Crippen molar-refractivity contribution in [3.05, 3.63) is 0 Å². The van der Waals surface area contributed by atoms with Crippen LogP contribution in [0.25, 0.3) is 0 Å². The maximum absolute atomic E-state index is 3.53. The quantitative estimate of drug-likeness (QED) is 0.521. The van der Waals surface area contributed by atoms with E-state index in [-0.39, 0.29) is 0 Å². The van der Waals surface area contributed by atoms with Gasteiger partial charge in [-0.25, -0.2) is 0 Å². The summed E-state index contributed by atoms with van der Waals surface area (Å²) >= 11 is 0. The lowest BCUT2D eigenvalue weighted by Gasteiger charge is -2.14. The van der Waals surface area contributed by atoms with Crippen LogP contribution in [-0.4, -0.2) is 14.0 Å². The molecule has 1 saturated carbocycles. The molecule has 0 bridgehead atoms. The zero-order chi connectivity index (χ0) is 11.5. The zero-order valence-electron chi connectivity index (χ0n) is 11.1. The summed E-state index contributed by atoms with van der Waals surface area (Å²) < 4.78 is 0. The van der Waals surface area contributed by atoms with Gasteiger partial charge in [-0.3, -0.25) is 0 Å². The van der Waals surface area contributed by atoms with Crippen molar-refractivity contribution in [1.82, 2.24) is 5.23 Å². The molecule has 2 heteroatoms. The molecule has 0 aromatic carbocycles. The van der Waals surface area contributed by atoms with Crippen LogP contribution in [0.2, 0.25) is 5.82 Å². The molecule has 1 N–H and O–H groups in total. The standard InChI is InChI=1S/C14H29BN/c1-2-3-10-13-16-15-14-11-8-6-4-5-7-9-12-14/h14,16H,2-13H2,1H3. The number of hydrogen-bond donors (Lipinski definition) is 1. The SMILES string of the molecule is CCCCCN[B]C1CCCCCCCC1. The van der Waals surface area contributed by atoms with E-state index < -0.39 is 0 Å². The molecule has 1 rings (SSSR count). The highest BCUT2D eigenvalue weighted by atomic mass is 14.7. The molecule has 0 spiro atoms. The molecule has 0 amide bonds. The zero-order valence-corrected chi connectivity index (χ0v) is 11.1. The fourth-order valence-electron chi connectivity index (χ4n) is 2.56. The summed E-state index contributed by atoms with van der Waals surface area (Å²) in [6.07, 6.45) is 15.6. The first-order chi connectivity index (χ1) is 7.93. The van der Waals surface area contributed by atoms with Gasteiger partial charge in [0, 0.05) is 0 Å². The van der Waals surface area contributed by atoms with E-state index in [0.717, 1.165) is 5.82 Å². The molecule has 1 radical (unpaired) electrons. The van der Waals surface area contributed by atoms with Crippen LogP contribution < -0.4 is 5.23 Å². The number of hydrogen-bond acceptors (Lipinski definition) is 1. The molecule has 1 nitrogen and oxygen atoms in total. The second-order valence-corrected chi connectivity index (χ2v) is 5.29. The summed E-state index contributed by atoms with van der Waals surface area (Å²) in [6, 6.07) is 0. The number of nitrogens with one attached hydrogen (secondary N) is 1. The topological polar surface area (TPSA) is 12.0 Å². The van der Waals surface area contributed by atoms with Crippen LogP contribution in [0.15, 0.2) is 0 Å². The molecule has 0 unspecified atom stereocenters. The molecule has 93 valence electrons. The van der Waals surface area contributed by atoms with Gasteiger partial charge < -0.3 is 5.23 Å². The molecule has 1 fully saturated rings. The summed E-state index contributed by atoms with van der Waals surface area (Å²) in [5.41, 5.74) is 0. The van der Waals surface area contributed by atoms with Crippen molar-refractivity contribution < 1.29 is 0 Å². The molecule has 0 aromatic heterocycles. The van der Waals surface area contributed by atoms with E-state index in [4.69, 9.17) is 0 Å². The van der Waals surface area contributed by atoms with E-state index in [9.17, 15) is 0 Å². The maximum Gasteiger partial charge on any atom is 0.208 e. The fraction of sp³-hybridized carbons (Fsp3) is 1.00. The lowest BCUT2D eigenvalue weighted by Crippen LogP contribution is -2.25. The molecule has 0 aromatic rings. The van der Waals surface area contributed by atoms with Gasteiger partial charge in [-0.05, 0) is 13.0 Å². The predicted molar refractivity (Wildman–Crippen MR) is 74.0 cm³/mol. The molecule has 0 aliphatic heterocycles. The average Bonchev–Trinajstić information content (AvgIpc) is 2.42. The summed E-state index contributed by atoms with van der Waals surface area (Å²) in [7, 11) is 2.40. The summed E-state index contributed by atoms with van der Waals surface area (Å²) in [5, 5.41) is 3.53. The van der Waals surface area contributed by atoms with Crippen molar-refractivity contribution in [1.29, 1.82) is 0 Å². The third kappa shape index (κ3) is 7.32. The van der Waals surface area contributed by atoms with E-state index in [0.29, 0.717) is 0 Å². The van der Waals surface area contributed by atoms with E-state index >= 15 is 0 Å². The summed E-state index contributed by atoms with van der Waals surface area (Å²) in [6.45, 7) is 3.45. The van der Waals surface area contributed by atoms with Crippen molar-refractivity contribution in [2.24, 2.45) is 0 Å². The minimum Gasteiger partial charge on any atom is -0.360 e. The smallest absolute Gasteiger partial charge is 0.208 e.